The summed E-state index contributed by atoms with van der Waals surface area (Å²) < 4.78 is 14.9. The second-order valence-corrected chi connectivity index (χ2v) is 6.23. The third-order valence-corrected chi connectivity index (χ3v) is 4.23. The van der Waals surface area contributed by atoms with Crippen molar-refractivity contribution in [2.45, 2.75) is 6.04 Å². The fourth-order valence-corrected chi connectivity index (χ4v) is 3.08. The zero-order chi connectivity index (χ0) is 11.5. The fraction of sp³-hybridized carbons (Fsp3) is 0.167. The highest BCUT2D eigenvalue weighted by atomic mass is 127. The number of hydrogen-bond donors (Lipinski definition) is 1. The second-order valence-electron chi connectivity index (χ2n) is 3.43. The summed E-state index contributed by atoms with van der Waals surface area (Å²) in [6.45, 7) is 0. The lowest BCUT2D eigenvalue weighted by molar-refractivity contribution is 0.577. The molecule has 2 aromatic rings. The van der Waals surface area contributed by atoms with Crippen molar-refractivity contribution in [2.24, 2.45) is 0 Å². The van der Waals surface area contributed by atoms with Gasteiger partial charge in [-0.1, -0.05) is 18.2 Å². The summed E-state index contributed by atoms with van der Waals surface area (Å²) in [4.78, 5) is 0. The highest BCUT2D eigenvalue weighted by Gasteiger charge is 2.16. The Morgan fingerprint density at radius 1 is 1.38 bits per heavy atom. The first kappa shape index (κ1) is 12.0. The van der Waals surface area contributed by atoms with E-state index in [2.05, 4.69) is 39.4 Å². The SMILES string of the molecule is CNC(c1csc(I)c1)c1ccccc1F. The van der Waals surface area contributed by atoms with E-state index in [0.717, 1.165) is 5.56 Å². The zero-order valence-corrected chi connectivity index (χ0v) is 11.7. The average Bonchev–Trinajstić information content (AvgIpc) is 2.69. The minimum Gasteiger partial charge on any atom is -0.309 e. The van der Waals surface area contributed by atoms with Crippen LogP contribution >= 0.6 is 33.9 Å². The summed E-state index contributed by atoms with van der Waals surface area (Å²) in [6.07, 6.45) is 0. The Hall–Kier alpha value is -0.460. The van der Waals surface area contributed by atoms with Gasteiger partial charge in [-0.15, -0.1) is 11.3 Å². The molecule has 1 aromatic heterocycles. The number of rotatable bonds is 3. The third kappa shape index (κ3) is 2.44. The Balaban J connectivity index is 2.40. The first-order valence-electron chi connectivity index (χ1n) is 4.88. The molecule has 2 rings (SSSR count). The summed E-state index contributed by atoms with van der Waals surface area (Å²) in [5, 5.41) is 5.22. The Morgan fingerprint density at radius 2 is 2.12 bits per heavy atom. The number of thiophene rings is 1. The first-order valence-corrected chi connectivity index (χ1v) is 6.84. The van der Waals surface area contributed by atoms with Crippen LogP contribution in [0.1, 0.15) is 17.2 Å². The van der Waals surface area contributed by atoms with Gasteiger partial charge in [0.2, 0.25) is 0 Å². The van der Waals surface area contributed by atoms with Crippen LogP contribution in [-0.4, -0.2) is 7.05 Å². The molecule has 0 radical (unpaired) electrons. The van der Waals surface area contributed by atoms with Gasteiger partial charge in [-0.2, -0.15) is 0 Å². The van der Waals surface area contributed by atoms with E-state index in [1.165, 1.54) is 8.95 Å². The van der Waals surface area contributed by atoms with Crippen LogP contribution in [0.5, 0.6) is 0 Å². The van der Waals surface area contributed by atoms with E-state index in [1.807, 2.05) is 19.2 Å². The summed E-state index contributed by atoms with van der Waals surface area (Å²) in [7, 11) is 1.85. The van der Waals surface area contributed by atoms with Crippen molar-refractivity contribution in [1.29, 1.82) is 0 Å². The maximum atomic E-state index is 13.7. The molecular weight excluding hydrogens is 336 g/mol. The van der Waals surface area contributed by atoms with Gasteiger partial charge < -0.3 is 5.32 Å². The molecule has 1 aromatic carbocycles. The molecule has 0 aliphatic carbocycles. The van der Waals surface area contributed by atoms with Crippen LogP contribution in [0.25, 0.3) is 0 Å². The Bertz CT molecular complexity index is 483. The van der Waals surface area contributed by atoms with Gasteiger partial charge in [0.05, 0.1) is 8.93 Å². The Labute approximate surface area is 112 Å². The molecule has 0 aliphatic rings. The summed E-state index contributed by atoms with van der Waals surface area (Å²) in [5.74, 6) is -0.164. The summed E-state index contributed by atoms with van der Waals surface area (Å²) >= 11 is 3.95. The van der Waals surface area contributed by atoms with E-state index in [4.69, 9.17) is 0 Å². The van der Waals surface area contributed by atoms with E-state index >= 15 is 0 Å². The van der Waals surface area contributed by atoms with Crippen molar-refractivity contribution in [1.82, 2.24) is 5.32 Å². The van der Waals surface area contributed by atoms with Gasteiger partial charge >= 0.3 is 0 Å². The van der Waals surface area contributed by atoms with Crippen molar-refractivity contribution in [3.05, 3.63) is 55.5 Å². The number of halogens is 2. The largest absolute Gasteiger partial charge is 0.309 e. The highest BCUT2D eigenvalue weighted by molar-refractivity contribution is 14.1. The van der Waals surface area contributed by atoms with Gasteiger partial charge in [-0.05, 0) is 52.7 Å². The van der Waals surface area contributed by atoms with Crippen molar-refractivity contribution in [3.8, 4) is 0 Å². The molecule has 4 heteroatoms. The topological polar surface area (TPSA) is 12.0 Å². The lowest BCUT2D eigenvalue weighted by Gasteiger charge is -2.15. The highest BCUT2D eigenvalue weighted by Crippen LogP contribution is 2.28. The van der Waals surface area contributed by atoms with Crippen LogP contribution in [-0.2, 0) is 0 Å². The smallest absolute Gasteiger partial charge is 0.128 e. The minimum absolute atomic E-state index is 0.0686. The zero-order valence-electron chi connectivity index (χ0n) is 8.71. The molecule has 0 saturated heterocycles. The van der Waals surface area contributed by atoms with Gasteiger partial charge in [-0.25, -0.2) is 4.39 Å². The predicted molar refractivity (Wildman–Crippen MR) is 74.3 cm³/mol. The van der Waals surface area contributed by atoms with Crippen LogP contribution in [0.2, 0.25) is 0 Å². The van der Waals surface area contributed by atoms with Gasteiger partial charge in [0.25, 0.3) is 0 Å². The maximum Gasteiger partial charge on any atom is 0.128 e. The summed E-state index contributed by atoms with van der Waals surface area (Å²) in [5.41, 5.74) is 1.81. The average molecular weight is 347 g/mol. The monoisotopic (exact) mass is 347 g/mol. The summed E-state index contributed by atoms with van der Waals surface area (Å²) in [6, 6.07) is 8.90. The molecule has 1 atom stereocenters. The normalized spacial score (nSPS) is 12.7. The molecule has 1 heterocycles. The molecule has 1 unspecified atom stereocenters. The molecule has 0 spiro atoms. The molecule has 84 valence electrons. The van der Waals surface area contributed by atoms with Crippen molar-refractivity contribution in [3.63, 3.8) is 0 Å². The van der Waals surface area contributed by atoms with Crippen LogP contribution in [0.3, 0.4) is 0 Å². The molecule has 16 heavy (non-hydrogen) atoms. The predicted octanol–water partition coefficient (Wildman–Crippen LogP) is 3.80. The number of benzene rings is 1. The van der Waals surface area contributed by atoms with Gasteiger partial charge in [0.15, 0.2) is 0 Å². The van der Waals surface area contributed by atoms with Gasteiger partial charge in [0.1, 0.15) is 5.82 Å². The van der Waals surface area contributed by atoms with E-state index in [0.29, 0.717) is 5.56 Å². The van der Waals surface area contributed by atoms with Crippen molar-refractivity contribution >= 4 is 33.9 Å². The van der Waals surface area contributed by atoms with Crippen LogP contribution < -0.4 is 5.32 Å². The molecule has 0 amide bonds. The molecular formula is C12H11FINS. The molecule has 1 nitrogen and oxygen atoms in total. The van der Waals surface area contributed by atoms with E-state index in [9.17, 15) is 4.39 Å². The number of hydrogen-bond acceptors (Lipinski definition) is 2. The van der Waals surface area contributed by atoms with Crippen LogP contribution in [0, 0.1) is 8.70 Å². The van der Waals surface area contributed by atoms with E-state index in [1.54, 1.807) is 17.4 Å². The fourth-order valence-electron chi connectivity index (χ4n) is 1.69. The molecule has 1 N–H and O–H groups in total. The van der Waals surface area contributed by atoms with Crippen molar-refractivity contribution < 1.29 is 4.39 Å². The first-order chi connectivity index (χ1) is 7.72. The number of nitrogens with one attached hydrogen (secondary N) is 1. The molecule has 0 aliphatic heterocycles. The maximum absolute atomic E-state index is 13.7. The Kier molecular flexibility index (Phi) is 3.94. The molecule has 0 saturated carbocycles. The van der Waals surface area contributed by atoms with Crippen LogP contribution in [0.15, 0.2) is 35.7 Å². The quantitative estimate of drug-likeness (QED) is 0.833. The lowest BCUT2D eigenvalue weighted by Crippen LogP contribution is -2.18. The minimum atomic E-state index is -0.164. The van der Waals surface area contributed by atoms with E-state index < -0.39 is 0 Å². The standard InChI is InChI=1S/C12H11FINS/c1-15-12(8-6-11(14)16-7-8)9-4-2-3-5-10(9)13/h2-7,12,15H,1H3. The second kappa shape index (κ2) is 5.25. The Morgan fingerprint density at radius 3 is 2.69 bits per heavy atom. The molecule has 0 bridgehead atoms. The van der Waals surface area contributed by atoms with Gasteiger partial charge in [0, 0.05) is 5.56 Å². The van der Waals surface area contributed by atoms with Crippen molar-refractivity contribution in [2.75, 3.05) is 7.05 Å². The molecule has 0 fully saturated rings. The third-order valence-electron chi connectivity index (χ3n) is 2.43. The van der Waals surface area contributed by atoms with Crippen LogP contribution in [0.4, 0.5) is 4.39 Å². The lowest BCUT2D eigenvalue weighted by atomic mass is 10.0. The van der Waals surface area contributed by atoms with E-state index in [-0.39, 0.29) is 11.9 Å². The van der Waals surface area contributed by atoms with Gasteiger partial charge in [-0.3, -0.25) is 0 Å².